The number of alkyl halides is 2. The summed E-state index contributed by atoms with van der Waals surface area (Å²) in [4.78, 5) is 0. The Morgan fingerprint density at radius 2 is 1.71 bits per heavy atom. The van der Waals surface area contributed by atoms with E-state index >= 15 is 0 Å². The van der Waals surface area contributed by atoms with Gasteiger partial charge in [-0.1, -0.05) is 12.1 Å². The lowest BCUT2D eigenvalue weighted by atomic mass is 9.78. The Morgan fingerprint density at radius 1 is 1.14 bits per heavy atom. The highest BCUT2D eigenvalue weighted by atomic mass is 19.3. The van der Waals surface area contributed by atoms with Crippen molar-refractivity contribution in [3.63, 3.8) is 0 Å². The lowest BCUT2D eigenvalue weighted by Gasteiger charge is -2.32. The average molecular weight is 298 g/mol. The van der Waals surface area contributed by atoms with Crippen LogP contribution in [0.3, 0.4) is 0 Å². The van der Waals surface area contributed by atoms with Gasteiger partial charge in [0.2, 0.25) is 0 Å². The molecule has 3 nitrogen and oxygen atoms in total. The third kappa shape index (κ3) is 3.38. The summed E-state index contributed by atoms with van der Waals surface area (Å²) in [5.74, 6) is 0.454. The number of hydrogen-bond donors (Lipinski definition) is 0. The van der Waals surface area contributed by atoms with Crippen LogP contribution < -0.4 is 10.2 Å². The third-order valence-corrected chi connectivity index (χ3v) is 4.09. The maximum absolute atomic E-state index is 12.2. The number of rotatable bonds is 4. The number of benzene rings is 1. The zero-order chi connectivity index (χ0) is 15.8. The molecule has 6 heteroatoms. The van der Waals surface area contributed by atoms with Crippen LogP contribution in [-0.2, 0) is 9.31 Å². The van der Waals surface area contributed by atoms with Gasteiger partial charge in [-0.25, -0.2) is 8.78 Å². The highest BCUT2D eigenvalue weighted by molar-refractivity contribution is 6.62. The van der Waals surface area contributed by atoms with Gasteiger partial charge in [0.1, 0.15) is 12.4 Å². The van der Waals surface area contributed by atoms with E-state index in [4.69, 9.17) is 14.0 Å². The number of halogens is 2. The molecule has 1 saturated heterocycles. The van der Waals surface area contributed by atoms with Crippen LogP contribution in [0.4, 0.5) is 8.78 Å². The lowest BCUT2D eigenvalue weighted by molar-refractivity contribution is 0.00578. The molecule has 1 fully saturated rings. The van der Waals surface area contributed by atoms with E-state index < -0.39 is 31.4 Å². The third-order valence-electron chi connectivity index (χ3n) is 4.09. The van der Waals surface area contributed by atoms with Gasteiger partial charge in [0.15, 0.2) is 0 Å². The molecule has 1 aliphatic heterocycles. The minimum absolute atomic E-state index is 0.406. The molecule has 0 spiro atoms. The van der Waals surface area contributed by atoms with E-state index in [0.717, 1.165) is 11.0 Å². The van der Waals surface area contributed by atoms with Crippen molar-refractivity contribution >= 4 is 12.6 Å². The fourth-order valence-electron chi connectivity index (χ4n) is 2.11. The molecule has 1 aromatic carbocycles. The normalized spacial score (nSPS) is 20.1. The smallest absolute Gasteiger partial charge is 0.487 e. The molecule has 1 aromatic rings. The van der Waals surface area contributed by atoms with Crippen molar-refractivity contribution in [2.24, 2.45) is 0 Å². The fourth-order valence-corrected chi connectivity index (χ4v) is 2.11. The average Bonchev–Trinajstić information content (AvgIpc) is 2.56. The first-order valence-electron chi connectivity index (χ1n) is 6.99. The summed E-state index contributed by atoms with van der Waals surface area (Å²) in [6.45, 7) is 9.16. The SMILES string of the molecule is Cc1cc(B2OC(C)(C)C(C)(C)O2)ccc1OCC(F)F. The molecule has 0 unspecified atom stereocenters. The molecule has 116 valence electrons. The second kappa shape index (κ2) is 5.57. The predicted octanol–water partition coefficient (Wildman–Crippen LogP) is 2.94. The maximum atomic E-state index is 12.2. The van der Waals surface area contributed by atoms with E-state index in [1.54, 1.807) is 12.1 Å². The van der Waals surface area contributed by atoms with Crippen molar-refractivity contribution < 1.29 is 22.8 Å². The molecule has 0 aliphatic carbocycles. The molecular weight excluding hydrogens is 277 g/mol. The Hall–Kier alpha value is -1.14. The molecule has 21 heavy (non-hydrogen) atoms. The summed E-state index contributed by atoms with van der Waals surface area (Å²) in [7, 11) is -0.460. The first kappa shape index (κ1) is 16.2. The number of hydrogen-bond acceptors (Lipinski definition) is 3. The fraction of sp³-hybridized carbons (Fsp3) is 0.600. The largest absolute Gasteiger partial charge is 0.494 e. The van der Waals surface area contributed by atoms with Crippen molar-refractivity contribution in [1.82, 2.24) is 0 Å². The lowest BCUT2D eigenvalue weighted by Crippen LogP contribution is -2.41. The second-order valence-corrected chi connectivity index (χ2v) is 6.32. The monoisotopic (exact) mass is 298 g/mol. The van der Waals surface area contributed by atoms with Crippen molar-refractivity contribution in [2.45, 2.75) is 52.2 Å². The molecule has 1 aliphatic rings. The Kier molecular flexibility index (Phi) is 4.31. The van der Waals surface area contributed by atoms with Crippen LogP contribution >= 0.6 is 0 Å². The van der Waals surface area contributed by atoms with Crippen molar-refractivity contribution in [2.75, 3.05) is 6.61 Å². The van der Waals surface area contributed by atoms with Gasteiger partial charge >= 0.3 is 7.12 Å². The Labute approximate surface area is 124 Å². The van der Waals surface area contributed by atoms with E-state index in [1.165, 1.54) is 0 Å². The molecule has 0 bridgehead atoms. The zero-order valence-corrected chi connectivity index (χ0v) is 13.1. The molecule has 0 N–H and O–H groups in total. The number of aryl methyl sites for hydroxylation is 1. The molecule has 0 aromatic heterocycles. The van der Waals surface area contributed by atoms with E-state index in [0.29, 0.717) is 5.75 Å². The Balaban J connectivity index is 2.14. The van der Waals surface area contributed by atoms with Gasteiger partial charge in [-0.3, -0.25) is 0 Å². The highest BCUT2D eigenvalue weighted by Gasteiger charge is 2.51. The van der Waals surface area contributed by atoms with Gasteiger partial charge in [0, 0.05) is 0 Å². The van der Waals surface area contributed by atoms with Crippen LogP contribution in [0.25, 0.3) is 0 Å². The molecule has 0 atom stereocenters. The van der Waals surface area contributed by atoms with E-state index in [1.807, 2.05) is 40.7 Å². The molecule has 0 saturated carbocycles. The summed E-state index contributed by atoms with van der Waals surface area (Å²) < 4.78 is 41.4. The first-order valence-corrected chi connectivity index (χ1v) is 6.99. The first-order chi connectivity index (χ1) is 9.62. The van der Waals surface area contributed by atoms with E-state index in [-0.39, 0.29) is 0 Å². The van der Waals surface area contributed by atoms with Gasteiger partial charge in [-0.2, -0.15) is 0 Å². The van der Waals surface area contributed by atoms with Gasteiger partial charge in [0.05, 0.1) is 11.2 Å². The molecule has 2 rings (SSSR count). The van der Waals surface area contributed by atoms with Gasteiger partial charge in [0.25, 0.3) is 6.43 Å². The topological polar surface area (TPSA) is 27.7 Å². The van der Waals surface area contributed by atoms with Crippen LogP contribution in [0.5, 0.6) is 5.75 Å². The quantitative estimate of drug-likeness (QED) is 0.800. The molecular formula is C15H21BF2O3. The summed E-state index contributed by atoms with van der Waals surface area (Å²) in [5.41, 5.74) is 0.825. The van der Waals surface area contributed by atoms with Crippen molar-refractivity contribution in [3.8, 4) is 5.75 Å². The number of ether oxygens (including phenoxy) is 1. The van der Waals surface area contributed by atoms with Crippen LogP contribution in [0.2, 0.25) is 0 Å². The van der Waals surface area contributed by atoms with Crippen LogP contribution in [-0.4, -0.2) is 31.4 Å². The Morgan fingerprint density at radius 3 is 2.19 bits per heavy atom. The van der Waals surface area contributed by atoms with Crippen LogP contribution in [0.15, 0.2) is 18.2 Å². The van der Waals surface area contributed by atoms with Crippen molar-refractivity contribution in [1.29, 1.82) is 0 Å². The summed E-state index contributed by atoms with van der Waals surface area (Å²) >= 11 is 0. The Bertz CT molecular complexity index is 502. The van der Waals surface area contributed by atoms with E-state index in [9.17, 15) is 8.78 Å². The maximum Gasteiger partial charge on any atom is 0.494 e. The second-order valence-electron chi connectivity index (χ2n) is 6.32. The summed E-state index contributed by atoms with van der Waals surface area (Å²) in [6.07, 6.45) is -2.48. The van der Waals surface area contributed by atoms with Gasteiger partial charge < -0.3 is 14.0 Å². The van der Waals surface area contributed by atoms with Crippen molar-refractivity contribution in [3.05, 3.63) is 23.8 Å². The van der Waals surface area contributed by atoms with Crippen LogP contribution in [0, 0.1) is 6.92 Å². The molecule has 1 heterocycles. The summed E-state index contributed by atoms with van der Waals surface area (Å²) in [6, 6.07) is 5.32. The van der Waals surface area contributed by atoms with Gasteiger partial charge in [-0.05, 0) is 51.7 Å². The molecule has 0 radical (unpaired) electrons. The summed E-state index contributed by atoms with van der Waals surface area (Å²) in [5, 5.41) is 0. The zero-order valence-electron chi connectivity index (χ0n) is 13.1. The van der Waals surface area contributed by atoms with E-state index in [2.05, 4.69) is 0 Å². The minimum atomic E-state index is -2.48. The molecule has 0 amide bonds. The standard InChI is InChI=1S/C15H21BF2O3/c1-10-8-11(6-7-12(10)19-9-13(17)18)16-20-14(2,3)15(4,5)21-16/h6-8,13H,9H2,1-5H3. The highest BCUT2D eigenvalue weighted by Crippen LogP contribution is 2.36. The van der Waals surface area contributed by atoms with Crippen LogP contribution in [0.1, 0.15) is 33.3 Å². The minimum Gasteiger partial charge on any atom is -0.487 e. The predicted molar refractivity (Wildman–Crippen MR) is 78.4 cm³/mol. The van der Waals surface area contributed by atoms with Gasteiger partial charge in [-0.15, -0.1) is 0 Å².